The van der Waals surface area contributed by atoms with Crippen LogP contribution in [0.1, 0.15) is 10.5 Å². The summed E-state index contributed by atoms with van der Waals surface area (Å²) in [6.07, 6.45) is 3.46. The van der Waals surface area contributed by atoms with E-state index in [-0.39, 0.29) is 5.69 Å². The zero-order chi connectivity index (χ0) is 12.3. The normalized spacial score (nSPS) is 10.2. The highest BCUT2D eigenvalue weighted by Gasteiger charge is 2.14. The number of aromatic carboxylic acids is 1. The minimum absolute atomic E-state index is 0.0917. The third-order valence-corrected chi connectivity index (χ3v) is 3.20. The summed E-state index contributed by atoms with van der Waals surface area (Å²) in [6.45, 7) is 0. The molecule has 0 spiro atoms. The average molecular weight is 245 g/mol. The van der Waals surface area contributed by atoms with Crippen LogP contribution in [-0.4, -0.2) is 22.3 Å². The Morgan fingerprint density at radius 1 is 1.18 bits per heavy atom. The molecule has 1 aromatic heterocycles. The Morgan fingerprint density at radius 2 is 1.88 bits per heavy atom. The monoisotopic (exact) mass is 245 g/mol. The molecule has 0 atom stereocenters. The quantitative estimate of drug-likeness (QED) is 0.844. The smallest absolute Gasteiger partial charge is 0.355 e. The highest BCUT2D eigenvalue weighted by molar-refractivity contribution is 7.98. The van der Waals surface area contributed by atoms with E-state index < -0.39 is 5.97 Å². The maximum Gasteiger partial charge on any atom is 0.355 e. The number of thioether (sulfide) groups is 1. The van der Waals surface area contributed by atoms with E-state index in [1.807, 2.05) is 30.5 Å². The molecule has 0 bridgehead atoms. The molecule has 4 heteroatoms. The Kier molecular flexibility index (Phi) is 3.44. The van der Waals surface area contributed by atoms with Gasteiger partial charge in [-0.05, 0) is 24.0 Å². The van der Waals surface area contributed by atoms with Gasteiger partial charge in [0.25, 0.3) is 0 Å². The van der Waals surface area contributed by atoms with Crippen LogP contribution in [0.2, 0.25) is 0 Å². The van der Waals surface area contributed by atoms with Crippen molar-refractivity contribution >= 4 is 17.7 Å². The van der Waals surface area contributed by atoms with Crippen molar-refractivity contribution in [2.45, 2.75) is 4.90 Å². The number of carboxylic acids is 1. The standard InChI is InChI=1S/C13H11NO2S/c1-17-11-7-3-2-5-9(11)10-6-4-8-14-12(10)13(15)16/h2-8H,1H3,(H,15,16). The number of pyridine rings is 1. The van der Waals surface area contributed by atoms with Crippen molar-refractivity contribution in [3.05, 3.63) is 48.3 Å². The van der Waals surface area contributed by atoms with Crippen LogP contribution in [0.25, 0.3) is 11.1 Å². The first-order chi connectivity index (χ1) is 8.24. The molecule has 1 N–H and O–H groups in total. The predicted molar refractivity (Wildman–Crippen MR) is 68.4 cm³/mol. The van der Waals surface area contributed by atoms with Crippen molar-refractivity contribution in [1.82, 2.24) is 4.98 Å². The maximum absolute atomic E-state index is 11.1. The fraction of sp³-hybridized carbons (Fsp3) is 0.0769. The van der Waals surface area contributed by atoms with E-state index in [1.54, 1.807) is 23.9 Å². The van der Waals surface area contributed by atoms with Crippen molar-refractivity contribution in [1.29, 1.82) is 0 Å². The van der Waals surface area contributed by atoms with Gasteiger partial charge in [0.15, 0.2) is 5.69 Å². The fourth-order valence-corrected chi connectivity index (χ4v) is 2.27. The first-order valence-corrected chi connectivity index (χ1v) is 6.28. The molecule has 0 saturated heterocycles. The predicted octanol–water partition coefficient (Wildman–Crippen LogP) is 3.17. The van der Waals surface area contributed by atoms with Crippen molar-refractivity contribution in [3.63, 3.8) is 0 Å². The van der Waals surface area contributed by atoms with E-state index in [9.17, 15) is 4.79 Å². The van der Waals surface area contributed by atoms with Gasteiger partial charge in [-0.25, -0.2) is 9.78 Å². The summed E-state index contributed by atoms with van der Waals surface area (Å²) in [5.41, 5.74) is 1.66. The van der Waals surface area contributed by atoms with Gasteiger partial charge in [-0.15, -0.1) is 11.8 Å². The zero-order valence-corrected chi connectivity index (χ0v) is 10.1. The Balaban J connectivity index is 2.64. The first kappa shape index (κ1) is 11.7. The molecule has 0 saturated carbocycles. The number of hydrogen-bond donors (Lipinski definition) is 1. The van der Waals surface area contributed by atoms with Gasteiger partial charge in [0.05, 0.1) is 0 Å². The Bertz CT molecular complexity index is 555. The van der Waals surface area contributed by atoms with Gasteiger partial charge in [0, 0.05) is 16.7 Å². The van der Waals surface area contributed by atoms with Crippen LogP contribution in [0, 0.1) is 0 Å². The topological polar surface area (TPSA) is 50.2 Å². The van der Waals surface area contributed by atoms with Crippen molar-refractivity contribution in [3.8, 4) is 11.1 Å². The molecular formula is C13H11NO2S. The lowest BCUT2D eigenvalue weighted by atomic mass is 10.0. The van der Waals surface area contributed by atoms with Gasteiger partial charge in [-0.1, -0.05) is 24.3 Å². The molecule has 0 aliphatic carbocycles. The molecule has 1 aromatic carbocycles. The lowest BCUT2D eigenvalue weighted by Gasteiger charge is -2.09. The molecule has 0 amide bonds. The minimum atomic E-state index is -1.00. The third kappa shape index (κ3) is 2.31. The van der Waals surface area contributed by atoms with Crippen LogP contribution >= 0.6 is 11.8 Å². The summed E-state index contributed by atoms with van der Waals surface area (Å²) >= 11 is 1.59. The Morgan fingerprint density at radius 3 is 2.59 bits per heavy atom. The number of carboxylic acid groups (broad SMARTS) is 1. The van der Waals surface area contributed by atoms with Crippen LogP contribution in [0.5, 0.6) is 0 Å². The maximum atomic E-state index is 11.1. The van der Waals surface area contributed by atoms with Crippen molar-refractivity contribution < 1.29 is 9.90 Å². The van der Waals surface area contributed by atoms with Gasteiger partial charge in [-0.3, -0.25) is 0 Å². The molecule has 3 nitrogen and oxygen atoms in total. The van der Waals surface area contributed by atoms with E-state index in [2.05, 4.69) is 4.98 Å². The van der Waals surface area contributed by atoms with E-state index in [4.69, 9.17) is 5.11 Å². The van der Waals surface area contributed by atoms with Crippen LogP contribution in [-0.2, 0) is 0 Å². The highest BCUT2D eigenvalue weighted by Crippen LogP contribution is 2.31. The fourth-order valence-electron chi connectivity index (χ4n) is 1.66. The number of rotatable bonds is 3. The summed E-state index contributed by atoms with van der Waals surface area (Å²) in [5, 5.41) is 9.12. The second kappa shape index (κ2) is 5.01. The van der Waals surface area contributed by atoms with E-state index >= 15 is 0 Å². The summed E-state index contributed by atoms with van der Waals surface area (Å²) in [7, 11) is 0. The first-order valence-electron chi connectivity index (χ1n) is 5.05. The number of benzene rings is 1. The van der Waals surface area contributed by atoms with Crippen LogP contribution in [0.15, 0.2) is 47.5 Å². The number of hydrogen-bond acceptors (Lipinski definition) is 3. The van der Waals surface area contributed by atoms with E-state index in [1.165, 1.54) is 6.20 Å². The molecule has 0 fully saturated rings. The third-order valence-electron chi connectivity index (χ3n) is 2.41. The van der Waals surface area contributed by atoms with Gasteiger partial charge in [-0.2, -0.15) is 0 Å². The van der Waals surface area contributed by atoms with Crippen molar-refractivity contribution in [2.75, 3.05) is 6.26 Å². The van der Waals surface area contributed by atoms with E-state index in [0.29, 0.717) is 5.56 Å². The number of aromatic nitrogens is 1. The van der Waals surface area contributed by atoms with Gasteiger partial charge in [0.1, 0.15) is 0 Å². The van der Waals surface area contributed by atoms with Crippen LogP contribution in [0.4, 0.5) is 0 Å². The minimum Gasteiger partial charge on any atom is -0.476 e. The number of carbonyl (C=O) groups is 1. The second-order valence-electron chi connectivity index (χ2n) is 3.41. The summed E-state index contributed by atoms with van der Waals surface area (Å²) in [5.74, 6) is -1.00. The van der Waals surface area contributed by atoms with Crippen molar-refractivity contribution in [2.24, 2.45) is 0 Å². The molecule has 2 aromatic rings. The Labute approximate surface area is 104 Å². The SMILES string of the molecule is CSc1ccccc1-c1cccnc1C(=O)O. The molecule has 0 aliphatic heterocycles. The molecule has 17 heavy (non-hydrogen) atoms. The molecule has 2 rings (SSSR count). The van der Waals surface area contributed by atoms with Crippen LogP contribution < -0.4 is 0 Å². The van der Waals surface area contributed by atoms with Gasteiger partial charge in [0.2, 0.25) is 0 Å². The summed E-state index contributed by atoms with van der Waals surface area (Å²) in [6, 6.07) is 11.2. The Hall–Kier alpha value is -1.81. The lowest BCUT2D eigenvalue weighted by Crippen LogP contribution is -2.02. The van der Waals surface area contributed by atoms with Crippen LogP contribution in [0.3, 0.4) is 0 Å². The molecule has 0 unspecified atom stereocenters. The molecule has 0 aliphatic rings. The summed E-state index contributed by atoms with van der Waals surface area (Å²) < 4.78 is 0. The van der Waals surface area contributed by atoms with E-state index in [0.717, 1.165) is 10.5 Å². The lowest BCUT2D eigenvalue weighted by molar-refractivity contribution is 0.0691. The summed E-state index contributed by atoms with van der Waals surface area (Å²) in [4.78, 5) is 16.1. The molecule has 1 heterocycles. The van der Waals surface area contributed by atoms with Gasteiger partial charge < -0.3 is 5.11 Å². The molecular weight excluding hydrogens is 234 g/mol. The molecule has 0 radical (unpaired) electrons. The highest BCUT2D eigenvalue weighted by atomic mass is 32.2. The average Bonchev–Trinajstić information content (AvgIpc) is 2.38. The van der Waals surface area contributed by atoms with Gasteiger partial charge >= 0.3 is 5.97 Å². The number of nitrogens with zero attached hydrogens (tertiary/aromatic N) is 1. The zero-order valence-electron chi connectivity index (χ0n) is 9.25. The second-order valence-corrected chi connectivity index (χ2v) is 4.25. The largest absolute Gasteiger partial charge is 0.476 e. The molecule has 86 valence electrons.